The van der Waals surface area contributed by atoms with Crippen LogP contribution in [-0.2, 0) is 4.74 Å². The van der Waals surface area contributed by atoms with Crippen molar-refractivity contribution in [1.29, 1.82) is 5.26 Å². The second-order valence-electron chi connectivity index (χ2n) is 4.81. The monoisotopic (exact) mass is 227 g/mol. The zero-order valence-corrected chi connectivity index (χ0v) is 10.7. The Morgan fingerprint density at radius 3 is 2.56 bits per heavy atom. The highest BCUT2D eigenvalue weighted by Gasteiger charge is 2.17. The molecule has 5 heteroatoms. The topological polar surface area (TPSA) is 65.4 Å². The van der Waals surface area contributed by atoms with Crippen LogP contribution in [0.2, 0.25) is 0 Å². The van der Waals surface area contributed by atoms with Crippen LogP contribution < -0.4 is 5.32 Å². The van der Waals surface area contributed by atoms with Gasteiger partial charge in [0, 0.05) is 12.6 Å². The molecule has 92 valence electrons. The molecule has 0 heterocycles. The van der Waals surface area contributed by atoms with Crippen molar-refractivity contribution in [1.82, 2.24) is 10.2 Å². The van der Waals surface area contributed by atoms with Crippen molar-refractivity contribution >= 4 is 6.09 Å². The van der Waals surface area contributed by atoms with Gasteiger partial charge in [-0.15, -0.1) is 0 Å². The molecule has 0 aliphatic rings. The third-order valence-corrected chi connectivity index (χ3v) is 2.01. The first-order chi connectivity index (χ1) is 7.26. The van der Waals surface area contributed by atoms with Gasteiger partial charge in [-0.25, -0.2) is 4.79 Å². The van der Waals surface area contributed by atoms with E-state index in [2.05, 4.69) is 11.4 Å². The molecule has 0 aliphatic carbocycles. The summed E-state index contributed by atoms with van der Waals surface area (Å²) in [5.41, 5.74) is -0.480. The molecule has 0 fully saturated rings. The fourth-order valence-electron chi connectivity index (χ4n) is 0.968. The molecule has 0 rings (SSSR count). The number of likely N-dealkylation sites (N-methyl/N-ethyl adjacent to an activating group) is 1. The Bertz CT molecular complexity index is 265. The van der Waals surface area contributed by atoms with Gasteiger partial charge in [-0.05, 0) is 34.7 Å². The molecule has 5 nitrogen and oxygen atoms in total. The maximum Gasteiger partial charge on any atom is 0.407 e. The second-order valence-corrected chi connectivity index (χ2v) is 4.81. The molecular weight excluding hydrogens is 206 g/mol. The highest BCUT2D eigenvalue weighted by molar-refractivity contribution is 5.67. The predicted octanol–water partition coefficient (Wildman–Crippen LogP) is 1.35. The maximum atomic E-state index is 11.3. The fraction of sp³-hybridized carbons (Fsp3) is 0.818. The molecule has 1 amide bonds. The summed E-state index contributed by atoms with van der Waals surface area (Å²) in [4.78, 5) is 13.2. The Labute approximate surface area is 97.4 Å². The average Bonchev–Trinajstić information content (AvgIpc) is 2.11. The van der Waals surface area contributed by atoms with E-state index in [1.54, 1.807) is 0 Å². The third-order valence-electron chi connectivity index (χ3n) is 2.01. The summed E-state index contributed by atoms with van der Waals surface area (Å²) in [6.07, 6.45) is -0.426. The van der Waals surface area contributed by atoms with Crippen LogP contribution in [0.1, 0.15) is 27.7 Å². The molecular formula is C11H21N3O2. The molecule has 0 aliphatic heterocycles. The number of alkyl carbamates (subject to hydrolysis) is 1. The van der Waals surface area contributed by atoms with Gasteiger partial charge in [0.15, 0.2) is 0 Å². The van der Waals surface area contributed by atoms with Gasteiger partial charge in [0.05, 0.1) is 12.6 Å². The quantitative estimate of drug-likeness (QED) is 0.736. The van der Waals surface area contributed by atoms with Crippen LogP contribution in [0, 0.1) is 11.3 Å². The number of nitrogens with one attached hydrogen (secondary N) is 1. The van der Waals surface area contributed by atoms with Gasteiger partial charge in [-0.2, -0.15) is 5.26 Å². The van der Waals surface area contributed by atoms with Gasteiger partial charge >= 0.3 is 6.09 Å². The highest BCUT2D eigenvalue weighted by Crippen LogP contribution is 2.06. The molecule has 1 N–H and O–H groups in total. The Balaban J connectivity index is 3.89. The Hall–Kier alpha value is -1.28. The standard InChI is InChI=1S/C11H21N3O2/c1-9(14(5)7-6-12)8-13-10(15)16-11(2,3)4/h9H,7-8H2,1-5H3,(H,13,15). The summed E-state index contributed by atoms with van der Waals surface area (Å²) >= 11 is 0. The number of hydrogen-bond acceptors (Lipinski definition) is 4. The first-order valence-electron chi connectivity index (χ1n) is 5.30. The summed E-state index contributed by atoms with van der Waals surface area (Å²) in [7, 11) is 1.84. The van der Waals surface area contributed by atoms with E-state index in [0.29, 0.717) is 13.1 Å². The van der Waals surface area contributed by atoms with E-state index in [1.807, 2.05) is 39.6 Å². The maximum absolute atomic E-state index is 11.3. The second kappa shape index (κ2) is 6.33. The van der Waals surface area contributed by atoms with Crippen molar-refractivity contribution in [2.24, 2.45) is 0 Å². The number of nitrogens with zero attached hydrogens (tertiary/aromatic N) is 2. The Morgan fingerprint density at radius 1 is 1.56 bits per heavy atom. The number of ether oxygens (including phenoxy) is 1. The lowest BCUT2D eigenvalue weighted by Gasteiger charge is -2.24. The number of hydrogen-bond donors (Lipinski definition) is 1. The molecule has 0 aromatic heterocycles. The minimum absolute atomic E-state index is 0.104. The number of carbonyl (C=O) groups excluding carboxylic acids is 1. The minimum Gasteiger partial charge on any atom is -0.444 e. The van der Waals surface area contributed by atoms with Gasteiger partial charge in [0.25, 0.3) is 0 Å². The van der Waals surface area contributed by atoms with E-state index >= 15 is 0 Å². The minimum atomic E-state index is -0.480. The summed E-state index contributed by atoms with van der Waals surface area (Å²) < 4.78 is 5.09. The first kappa shape index (κ1) is 14.7. The average molecular weight is 227 g/mol. The summed E-state index contributed by atoms with van der Waals surface area (Å²) in [6.45, 7) is 8.20. The molecule has 1 unspecified atom stereocenters. The lowest BCUT2D eigenvalue weighted by atomic mass is 10.2. The zero-order chi connectivity index (χ0) is 12.8. The van der Waals surface area contributed by atoms with Crippen LogP contribution in [0.3, 0.4) is 0 Å². The lowest BCUT2D eigenvalue weighted by molar-refractivity contribution is 0.0515. The molecule has 0 aromatic rings. The predicted molar refractivity (Wildman–Crippen MR) is 61.9 cm³/mol. The highest BCUT2D eigenvalue weighted by atomic mass is 16.6. The lowest BCUT2D eigenvalue weighted by Crippen LogP contribution is -2.42. The van der Waals surface area contributed by atoms with Crippen LogP contribution in [0.4, 0.5) is 4.79 Å². The number of rotatable bonds is 4. The van der Waals surface area contributed by atoms with Crippen LogP contribution in [0.15, 0.2) is 0 Å². The van der Waals surface area contributed by atoms with E-state index in [4.69, 9.17) is 10.00 Å². The zero-order valence-electron chi connectivity index (χ0n) is 10.7. The number of carbonyl (C=O) groups is 1. The molecule has 0 aromatic carbocycles. The normalized spacial score (nSPS) is 13.1. The SMILES string of the molecule is CC(CNC(=O)OC(C)(C)C)N(C)CC#N. The first-order valence-corrected chi connectivity index (χ1v) is 5.30. The van der Waals surface area contributed by atoms with Crippen LogP contribution in [-0.4, -0.2) is 42.8 Å². The Morgan fingerprint density at radius 2 is 2.12 bits per heavy atom. The van der Waals surface area contributed by atoms with Crippen molar-refractivity contribution < 1.29 is 9.53 Å². The molecule has 0 saturated heterocycles. The summed E-state index contributed by atoms with van der Waals surface area (Å²) in [5.74, 6) is 0. The van der Waals surface area contributed by atoms with Crippen molar-refractivity contribution in [3.8, 4) is 6.07 Å². The largest absolute Gasteiger partial charge is 0.444 e. The van der Waals surface area contributed by atoms with E-state index in [-0.39, 0.29) is 6.04 Å². The van der Waals surface area contributed by atoms with Gasteiger partial charge in [-0.3, -0.25) is 4.90 Å². The number of nitriles is 1. The fourth-order valence-corrected chi connectivity index (χ4v) is 0.968. The van der Waals surface area contributed by atoms with Crippen molar-refractivity contribution in [3.63, 3.8) is 0 Å². The smallest absolute Gasteiger partial charge is 0.407 e. The molecule has 1 atom stereocenters. The van der Waals surface area contributed by atoms with Gasteiger partial charge in [0.2, 0.25) is 0 Å². The van der Waals surface area contributed by atoms with E-state index in [0.717, 1.165) is 0 Å². The van der Waals surface area contributed by atoms with Crippen LogP contribution >= 0.6 is 0 Å². The van der Waals surface area contributed by atoms with Crippen molar-refractivity contribution in [2.45, 2.75) is 39.3 Å². The Kier molecular flexibility index (Phi) is 5.83. The van der Waals surface area contributed by atoms with Crippen molar-refractivity contribution in [3.05, 3.63) is 0 Å². The number of amides is 1. The van der Waals surface area contributed by atoms with Gasteiger partial charge in [-0.1, -0.05) is 0 Å². The van der Waals surface area contributed by atoms with Crippen LogP contribution in [0.25, 0.3) is 0 Å². The van der Waals surface area contributed by atoms with E-state index in [1.165, 1.54) is 0 Å². The summed E-state index contributed by atoms with van der Waals surface area (Å²) in [5, 5.41) is 11.2. The molecule has 16 heavy (non-hydrogen) atoms. The van der Waals surface area contributed by atoms with E-state index in [9.17, 15) is 4.79 Å². The van der Waals surface area contributed by atoms with E-state index < -0.39 is 11.7 Å². The molecule has 0 bridgehead atoms. The van der Waals surface area contributed by atoms with Crippen LogP contribution in [0.5, 0.6) is 0 Å². The molecule has 0 radical (unpaired) electrons. The third kappa shape index (κ3) is 7.07. The molecule has 0 spiro atoms. The van der Waals surface area contributed by atoms with Gasteiger partial charge < -0.3 is 10.1 Å². The molecule has 0 saturated carbocycles. The summed E-state index contributed by atoms with van der Waals surface area (Å²) in [6, 6.07) is 2.16. The van der Waals surface area contributed by atoms with Gasteiger partial charge in [0.1, 0.15) is 5.60 Å². The van der Waals surface area contributed by atoms with Crippen molar-refractivity contribution in [2.75, 3.05) is 20.1 Å².